The van der Waals surface area contributed by atoms with Crippen LogP contribution in [0.5, 0.6) is 5.75 Å². The summed E-state index contributed by atoms with van der Waals surface area (Å²) in [5.74, 6) is 3.62. The maximum absolute atomic E-state index is 12.3. The van der Waals surface area contributed by atoms with Crippen molar-refractivity contribution in [2.45, 2.75) is 25.7 Å². The molecule has 4 heteroatoms. The average molecular weight is 313 g/mol. The van der Waals surface area contributed by atoms with Crippen LogP contribution in [0.3, 0.4) is 0 Å². The summed E-state index contributed by atoms with van der Waals surface area (Å²) in [7, 11) is 0. The van der Waals surface area contributed by atoms with E-state index in [4.69, 9.17) is 15.9 Å². The van der Waals surface area contributed by atoms with E-state index in [9.17, 15) is 4.79 Å². The minimum Gasteiger partial charge on any atom is -0.481 e. The Kier molecular flexibility index (Phi) is 4.88. The second-order valence-electron chi connectivity index (χ2n) is 6.41. The standard InChI is InChI=1S/C19H23NO3/c1-2-11-23-16-5-3-15(4-6-16)7-10-20-18(21)17-14-19(17)8-12-22-13-9-19/h1,3-6,17H,7-14H2,(H,20,21). The molecule has 3 rings (SSSR count). The highest BCUT2D eigenvalue weighted by molar-refractivity contribution is 5.82. The first-order chi connectivity index (χ1) is 11.2. The topological polar surface area (TPSA) is 47.6 Å². The van der Waals surface area contributed by atoms with Gasteiger partial charge in [-0.15, -0.1) is 6.42 Å². The minimum absolute atomic E-state index is 0.200. The van der Waals surface area contributed by atoms with Crippen molar-refractivity contribution >= 4 is 5.91 Å². The number of ether oxygens (including phenoxy) is 2. The number of amides is 1. The molecule has 1 saturated carbocycles. The maximum Gasteiger partial charge on any atom is 0.223 e. The van der Waals surface area contributed by atoms with E-state index in [-0.39, 0.29) is 23.8 Å². The van der Waals surface area contributed by atoms with E-state index in [1.54, 1.807) is 0 Å². The molecule has 4 nitrogen and oxygen atoms in total. The number of terminal acetylenes is 1. The maximum atomic E-state index is 12.3. The van der Waals surface area contributed by atoms with Crippen molar-refractivity contribution in [2.24, 2.45) is 11.3 Å². The van der Waals surface area contributed by atoms with E-state index in [1.807, 2.05) is 24.3 Å². The van der Waals surface area contributed by atoms with Gasteiger partial charge in [0.15, 0.2) is 0 Å². The smallest absolute Gasteiger partial charge is 0.223 e. The molecule has 0 aromatic heterocycles. The third-order valence-electron chi connectivity index (χ3n) is 4.95. The lowest BCUT2D eigenvalue weighted by Crippen LogP contribution is -2.31. The fraction of sp³-hybridized carbons (Fsp3) is 0.526. The number of nitrogens with one attached hydrogen (secondary N) is 1. The van der Waals surface area contributed by atoms with Crippen LogP contribution in [0.15, 0.2) is 24.3 Å². The molecule has 0 bridgehead atoms. The van der Waals surface area contributed by atoms with Crippen LogP contribution >= 0.6 is 0 Å². The lowest BCUT2D eigenvalue weighted by atomic mass is 9.93. The molecule has 2 fully saturated rings. The van der Waals surface area contributed by atoms with E-state index in [0.717, 1.165) is 44.6 Å². The van der Waals surface area contributed by atoms with Crippen LogP contribution in [0.25, 0.3) is 0 Å². The molecular weight excluding hydrogens is 290 g/mol. The van der Waals surface area contributed by atoms with Crippen molar-refractivity contribution in [2.75, 3.05) is 26.4 Å². The summed E-state index contributed by atoms with van der Waals surface area (Å²) < 4.78 is 10.7. The molecule has 1 unspecified atom stereocenters. The molecule has 122 valence electrons. The van der Waals surface area contributed by atoms with E-state index >= 15 is 0 Å². The monoisotopic (exact) mass is 313 g/mol. The van der Waals surface area contributed by atoms with Gasteiger partial charge in [-0.1, -0.05) is 18.1 Å². The molecule has 1 heterocycles. The summed E-state index contributed by atoms with van der Waals surface area (Å²) in [6.07, 6.45) is 9.08. The van der Waals surface area contributed by atoms with Crippen molar-refractivity contribution in [3.63, 3.8) is 0 Å². The molecule has 1 saturated heterocycles. The summed E-state index contributed by atoms with van der Waals surface area (Å²) >= 11 is 0. The number of hydrogen-bond acceptors (Lipinski definition) is 3. The highest BCUT2D eigenvalue weighted by Gasteiger charge is 2.57. The first-order valence-electron chi connectivity index (χ1n) is 8.24. The summed E-state index contributed by atoms with van der Waals surface area (Å²) in [4.78, 5) is 12.3. The second-order valence-corrected chi connectivity index (χ2v) is 6.41. The van der Waals surface area contributed by atoms with E-state index in [2.05, 4.69) is 11.2 Å². The van der Waals surface area contributed by atoms with E-state index in [1.165, 1.54) is 5.56 Å². The zero-order valence-electron chi connectivity index (χ0n) is 13.3. The predicted molar refractivity (Wildman–Crippen MR) is 88.1 cm³/mol. The summed E-state index contributed by atoms with van der Waals surface area (Å²) in [6.45, 7) is 2.56. The third kappa shape index (κ3) is 3.86. The van der Waals surface area contributed by atoms with Crippen LogP contribution in [0.4, 0.5) is 0 Å². The highest BCUT2D eigenvalue weighted by Crippen LogP contribution is 2.59. The number of benzene rings is 1. The molecule has 1 aromatic carbocycles. The van der Waals surface area contributed by atoms with Gasteiger partial charge in [0.25, 0.3) is 0 Å². The van der Waals surface area contributed by atoms with E-state index in [0.29, 0.717) is 6.54 Å². The lowest BCUT2D eigenvalue weighted by molar-refractivity contribution is -0.123. The fourth-order valence-electron chi connectivity index (χ4n) is 3.38. The van der Waals surface area contributed by atoms with Gasteiger partial charge in [-0.25, -0.2) is 0 Å². The molecule has 2 aliphatic rings. The second kappa shape index (κ2) is 7.06. The summed E-state index contributed by atoms with van der Waals surface area (Å²) in [5, 5.41) is 3.08. The summed E-state index contributed by atoms with van der Waals surface area (Å²) in [6, 6.07) is 7.84. The van der Waals surface area contributed by atoms with Crippen LogP contribution in [-0.4, -0.2) is 32.3 Å². The van der Waals surface area contributed by atoms with Gasteiger partial charge in [-0.05, 0) is 48.8 Å². The average Bonchev–Trinajstić information content (AvgIpc) is 3.28. The van der Waals surface area contributed by atoms with Crippen LogP contribution < -0.4 is 10.1 Å². The molecular formula is C19H23NO3. The molecule has 1 atom stereocenters. The zero-order chi connectivity index (χ0) is 16.1. The zero-order valence-corrected chi connectivity index (χ0v) is 13.3. The van der Waals surface area contributed by atoms with Crippen LogP contribution in [0.1, 0.15) is 24.8 Å². The fourth-order valence-corrected chi connectivity index (χ4v) is 3.38. The number of rotatable bonds is 6. The van der Waals surface area contributed by atoms with Gasteiger partial charge in [0.2, 0.25) is 5.91 Å². The number of carbonyl (C=O) groups is 1. The van der Waals surface area contributed by atoms with Gasteiger partial charge in [0, 0.05) is 25.7 Å². The van der Waals surface area contributed by atoms with Crippen molar-refractivity contribution in [1.29, 1.82) is 0 Å². The Hall–Kier alpha value is -1.99. The Labute approximate surface area is 137 Å². The van der Waals surface area contributed by atoms with Gasteiger partial charge in [0.1, 0.15) is 12.4 Å². The van der Waals surface area contributed by atoms with Gasteiger partial charge < -0.3 is 14.8 Å². The van der Waals surface area contributed by atoms with Crippen LogP contribution in [-0.2, 0) is 16.0 Å². The summed E-state index contributed by atoms with van der Waals surface area (Å²) in [5.41, 5.74) is 1.42. The molecule has 1 aliphatic carbocycles. The molecule has 1 aliphatic heterocycles. The molecule has 23 heavy (non-hydrogen) atoms. The highest BCUT2D eigenvalue weighted by atomic mass is 16.5. The van der Waals surface area contributed by atoms with Gasteiger partial charge in [-0.3, -0.25) is 4.79 Å². The third-order valence-corrected chi connectivity index (χ3v) is 4.95. The Bertz CT molecular complexity index is 582. The number of carbonyl (C=O) groups excluding carboxylic acids is 1. The molecule has 1 N–H and O–H groups in total. The van der Waals surface area contributed by atoms with Crippen molar-refractivity contribution in [1.82, 2.24) is 5.32 Å². The Morgan fingerprint density at radius 1 is 1.35 bits per heavy atom. The van der Waals surface area contributed by atoms with Crippen molar-refractivity contribution < 1.29 is 14.3 Å². The van der Waals surface area contributed by atoms with Gasteiger partial charge in [-0.2, -0.15) is 0 Å². The minimum atomic E-state index is 0.200. The molecule has 1 spiro atoms. The largest absolute Gasteiger partial charge is 0.481 e. The molecule has 1 amide bonds. The van der Waals surface area contributed by atoms with Crippen LogP contribution in [0, 0.1) is 23.7 Å². The quantitative estimate of drug-likeness (QED) is 0.819. The van der Waals surface area contributed by atoms with Crippen LogP contribution in [0.2, 0.25) is 0 Å². The SMILES string of the molecule is C#CCOc1ccc(CCNC(=O)C2CC23CCOCC3)cc1. The first-order valence-corrected chi connectivity index (χ1v) is 8.24. The normalized spacial score (nSPS) is 21.4. The molecule has 0 radical (unpaired) electrons. The Balaban J connectivity index is 1.39. The lowest BCUT2D eigenvalue weighted by Gasteiger charge is -2.22. The van der Waals surface area contributed by atoms with Gasteiger partial charge in [0.05, 0.1) is 0 Å². The number of hydrogen-bond donors (Lipinski definition) is 1. The first kappa shape index (κ1) is 15.9. The van der Waals surface area contributed by atoms with E-state index < -0.39 is 0 Å². The molecule has 1 aromatic rings. The predicted octanol–water partition coefficient (Wildman–Crippen LogP) is 2.17. The Morgan fingerprint density at radius 3 is 2.78 bits per heavy atom. The van der Waals surface area contributed by atoms with Crippen molar-refractivity contribution in [3.8, 4) is 18.1 Å². The van der Waals surface area contributed by atoms with Crippen molar-refractivity contribution in [3.05, 3.63) is 29.8 Å². The Morgan fingerprint density at radius 2 is 2.09 bits per heavy atom. The van der Waals surface area contributed by atoms with Gasteiger partial charge >= 0.3 is 0 Å².